The highest BCUT2D eigenvalue weighted by atomic mass is 16.5. The summed E-state index contributed by atoms with van der Waals surface area (Å²) < 4.78 is 5.60. The first-order valence-electron chi connectivity index (χ1n) is 6.78. The van der Waals surface area contributed by atoms with Gasteiger partial charge in [-0.2, -0.15) is 0 Å². The third-order valence-corrected chi connectivity index (χ3v) is 3.66. The van der Waals surface area contributed by atoms with Crippen LogP contribution in [-0.2, 0) is 4.74 Å². The Labute approximate surface area is 117 Å². The molecule has 0 saturated heterocycles. The standard InChI is InChI=1S/C17H16O3/c18-15-10-11-16(14-9-5-4-8-13(14)15)20-17(19)12-6-2-1-3-7-12/h1-9,15-16,18H,10-11H2/t15-,16+/m1/s1. The Morgan fingerprint density at radius 3 is 2.35 bits per heavy atom. The molecule has 0 fully saturated rings. The summed E-state index contributed by atoms with van der Waals surface area (Å²) in [5.74, 6) is -0.318. The summed E-state index contributed by atoms with van der Waals surface area (Å²) in [6, 6.07) is 16.6. The summed E-state index contributed by atoms with van der Waals surface area (Å²) in [6.07, 6.45) is 0.528. The van der Waals surface area contributed by atoms with E-state index in [0.717, 1.165) is 11.1 Å². The maximum atomic E-state index is 12.1. The predicted molar refractivity (Wildman–Crippen MR) is 75.2 cm³/mol. The lowest BCUT2D eigenvalue weighted by Crippen LogP contribution is -2.19. The Morgan fingerprint density at radius 1 is 0.950 bits per heavy atom. The zero-order chi connectivity index (χ0) is 13.9. The molecule has 0 amide bonds. The van der Waals surface area contributed by atoms with Gasteiger partial charge in [0.15, 0.2) is 0 Å². The van der Waals surface area contributed by atoms with Crippen molar-refractivity contribution in [3.05, 3.63) is 71.3 Å². The van der Waals surface area contributed by atoms with Gasteiger partial charge in [0.2, 0.25) is 0 Å². The number of fused-ring (bicyclic) bond motifs is 1. The number of carbonyl (C=O) groups is 1. The minimum absolute atomic E-state index is 0.276. The fraction of sp³-hybridized carbons (Fsp3) is 0.235. The summed E-state index contributed by atoms with van der Waals surface area (Å²) in [4.78, 5) is 12.1. The fourth-order valence-corrected chi connectivity index (χ4v) is 2.62. The molecule has 0 aliphatic heterocycles. The van der Waals surface area contributed by atoms with Crippen LogP contribution >= 0.6 is 0 Å². The third-order valence-electron chi connectivity index (χ3n) is 3.66. The highest BCUT2D eigenvalue weighted by molar-refractivity contribution is 5.89. The molecule has 0 radical (unpaired) electrons. The van der Waals surface area contributed by atoms with Crippen molar-refractivity contribution in [1.82, 2.24) is 0 Å². The predicted octanol–water partition coefficient (Wildman–Crippen LogP) is 3.41. The highest BCUT2D eigenvalue weighted by Gasteiger charge is 2.28. The number of esters is 1. The Balaban J connectivity index is 1.82. The van der Waals surface area contributed by atoms with Gasteiger partial charge in [-0.15, -0.1) is 0 Å². The Kier molecular flexibility index (Phi) is 3.52. The number of carbonyl (C=O) groups excluding carboxylic acids is 1. The van der Waals surface area contributed by atoms with E-state index in [1.165, 1.54) is 0 Å². The molecule has 3 rings (SSSR count). The lowest BCUT2D eigenvalue weighted by atomic mass is 9.87. The smallest absolute Gasteiger partial charge is 0.338 e. The minimum Gasteiger partial charge on any atom is -0.454 e. The molecule has 0 spiro atoms. The van der Waals surface area contributed by atoms with Gasteiger partial charge in [0.25, 0.3) is 0 Å². The van der Waals surface area contributed by atoms with E-state index < -0.39 is 6.10 Å². The first kappa shape index (κ1) is 12.9. The Bertz CT molecular complexity index is 607. The molecule has 0 saturated carbocycles. The summed E-state index contributed by atoms with van der Waals surface area (Å²) >= 11 is 0. The van der Waals surface area contributed by atoms with Gasteiger partial charge in [-0.25, -0.2) is 4.79 Å². The van der Waals surface area contributed by atoms with E-state index in [1.807, 2.05) is 42.5 Å². The van der Waals surface area contributed by atoms with Crippen LogP contribution in [0.3, 0.4) is 0 Å². The van der Waals surface area contributed by atoms with Gasteiger partial charge in [-0.1, -0.05) is 42.5 Å². The maximum absolute atomic E-state index is 12.1. The van der Waals surface area contributed by atoms with Gasteiger partial charge in [0, 0.05) is 0 Å². The van der Waals surface area contributed by atoms with Gasteiger partial charge in [0.05, 0.1) is 11.7 Å². The van der Waals surface area contributed by atoms with Gasteiger partial charge in [0.1, 0.15) is 6.10 Å². The maximum Gasteiger partial charge on any atom is 0.338 e. The minimum atomic E-state index is -0.460. The quantitative estimate of drug-likeness (QED) is 0.849. The van der Waals surface area contributed by atoms with Crippen molar-refractivity contribution in [2.45, 2.75) is 25.0 Å². The van der Waals surface area contributed by atoms with Crippen LogP contribution in [0.5, 0.6) is 0 Å². The monoisotopic (exact) mass is 268 g/mol. The van der Waals surface area contributed by atoms with E-state index in [1.54, 1.807) is 12.1 Å². The highest BCUT2D eigenvalue weighted by Crippen LogP contribution is 2.38. The van der Waals surface area contributed by atoms with E-state index in [2.05, 4.69) is 0 Å². The molecule has 1 aliphatic carbocycles. The average molecular weight is 268 g/mol. The van der Waals surface area contributed by atoms with Crippen LogP contribution in [0.15, 0.2) is 54.6 Å². The number of benzene rings is 2. The van der Waals surface area contributed by atoms with Crippen molar-refractivity contribution in [3.8, 4) is 0 Å². The molecule has 3 nitrogen and oxygen atoms in total. The van der Waals surface area contributed by atoms with Crippen molar-refractivity contribution in [2.24, 2.45) is 0 Å². The van der Waals surface area contributed by atoms with E-state index in [0.29, 0.717) is 18.4 Å². The summed E-state index contributed by atoms with van der Waals surface area (Å²) in [5, 5.41) is 9.99. The van der Waals surface area contributed by atoms with Gasteiger partial charge < -0.3 is 9.84 Å². The van der Waals surface area contributed by atoms with Crippen LogP contribution in [0.4, 0.5) is 0 Å². The number of rotatable bonds is 2. The summed E-state index contributed by atoms with van der Waals surface area (Å²) in [7, 11) is 0. The second-order valence-electron chi connectivity index (χ2n) is 4.98. The van der Waals surface area contributed by atoms with Crippen LogP contribution in [0, 0.1) is 0 Å². The van der Waals surface area contributed by atoms with Crippen molar-refractivity contribution in [1.29, 1.82) is 0 Å². The number of ether oxygens (including phenoxy) is 1. The van der Waals surface area contributed by atoms with Crippen LogP contribution in [0.1, 0.15) is 46.5 Å². The Morgan fingerprint density at radius 2 is 1.60 bits per heavy atom. The molecule has 0 bridgehead atoms. The largest absolute Gasteiger partial charge is 0.454 e. The first-order chi connectivity index (χ1) is 9.75. The van der Waals surface area contributed by atoms with Crippen molar-refractivity contribution >= 4 is 5.97 Å². The molecule has 2 aromatic rings. The fourth-order valence-electron chi connectivity index (χ4n) is 2.62. The molecule has 0 unspecified atom stereocenters. The number of aliphatic hydroxyl groups excluding tert-OH is 1. The number of hydrogen-bond acceptors (Lipinski definition) is 3. The molecule has 2 aromatic carbocycles. The van der Waals surface area contributed by atoms with Crippen molar-refractivity contribution < 1.29 is 14.6 Å². The zero-order valence-electron chi connectivity index (χ0n) is 11.0. The molecule has 0 aromatic heterocycles. The molecular weight excluding hydrogens is 252 g/mol. The zero-order valence-corrected chi connectivity index (χ0v) is 11.0. The molecule has 102 valence electrons. The van der Waals surface area contributed by atoms with E-state index in [9.17, 15) is 9.90 Å². The lowest BCUT2D eigenvalue weighted by Gasteiger charge is -2.28. The third kappa shape index (κ3) is 2.45. The van der Waals surface area contributed by atoms with Crippen LogP contribution in [-0.4, -0.2) is 11.1 Å². The SMILES string of the molecule is O=C(O[C@H]1CC[C@@H](O)c2ccccc21)c1ccccc1. The topological polar surface area (TPSA) is 46.5 Å². The second kappa shape index (κ2) is 5.47. The molecule has 0 heterocycles. The summed E-state index contributed by atoms with van der Waals surface area (Å²) in [6.45, 7) is 0. The van der Waals surface area contributed by atoms with Crippen molar-refractivity contribution in [3.63, 3.8) is 0 Å². The first-order valence-corrected chi connectivity index (χ1v) is 6.78. The number of hydrogen-bond donors (Lipinski definition) is 1. The molecule has 1 N–H and O–H groups in total. The average Bonchev–Trinajstić information content (AvgIpc) is 2.51. The second-order valence-corrected chi connectivity index (χ2v) is 4.98. The van der Waals surface area contributed by atoms with Crippen LogP contribution in [0.2, 0.25) is 0 Å². The number of aliphatic hydroxyl groups is 1. The molecule has 3 heteroatoms. The molecular formula is C17H16O3. The summed E-state index contributed by atoms with van der Waals surface area (Å²) in [5.41, 5.74) is 2.33. The van der Waals surface area contributed by atoms with Crippen LogP contribution < -0.4 is 0 Å². The molecule has 2 atom stereocenters. The van der Waals surface area contributed by atoms with E-state index in [-0.39, 0.29) is 12.1 Å². The van der Waals surface area contributed by atoms with E-state index in [4.69, 9.17) is 4.74 Å². The van der Waals surface area contributed by atoms with Crippen molar-refractivity contribution in [2.75, 3.05) is 0 Å². The Hall–Kier alpha value is -2.13. The van der Waals surface area contributed by atoms with Gasteiger partial charge in [-0.3, -0.25) is 0 Å². The van der Waals surface area contributed by atoms with Gasteiger partial charge in [-0.05, 0) is 36.1 Å². The normalized spacial score (nSPS) is 21.1. The molecule has 1 aliphatic rings. The van der Waals surface area contributed by atoms with Crippen LogP contribution in [0.25, 0.3) is 0 Å². The lowest BCUT2D eigenvalue weighted by molar-refractivity contribution is 0.0173. The van der Waals surface area contributed by atoms with Gasteiger partial charge >= 0.3 is 5.97 Å². The molecule has 20 heavy (non-hydrogen) atoms. The van der Waals surface area contributed by atoms with E-state index >= 15 is 0 Å².